The number of benzene rings is 2. The van der Waals surface area contributed by atoms with Gasteiger partial charge in [-0.05, 0) is 47.7 Å². The highest BCUT2D eigenvalue weighted by Crippen LogP contribution is 2.35. The molecule has 1 aliphatic heterocycles. The van der Waals surface area contributed by atoms with Gasteiger partial charge >= 0.3 is 6.18 Å². The molecule has 5 nitrogen and oxygen atoms in total. The fourth-order valence-electron chi connectivity index (χ4n) is 3.91. The number of carbonyl (C=O) groups excluding carboxylic acids is 1. The van der Waals surface area contributed by atoms with Crippen LogP contribution in [-0.2, 0) is 38.5 Å². The van der Waals surface area contributed by atoms with Crippen molar-refractivity contribution in [1.29, 1.82) is 0 Å². The molecule has 1 amide bonds. The standard InChI is InChI=1S/C23H26F3NO4S/c1-3-31-22(16-7-9-18(10-8-16)23(24,25)26)20-6-4-5-17-15-27(13-11-19(17)20)21(28)12-14-32(2,29)30/h4-10,22H,3,11-15H2,1-2H3. The summed E-state index contributed by atoms with van der Waals surface area (Å²) >= 11 is 0. The largest absolute Gasteiger partial charge is 0.416 e. The molecule has 0 N–H and O–H groups in total. The molecule has 0 bridgehead atoms. The third-order valence-corrected chi connectivity index (χ3v) is 6.44. The summed E-state index contributed by atoms with van der Waals surface area (Å²) in [5.74, 6) is -0.397. The Morgan fingerprint density at radius 3 is 2.44 bits per heavy atom. The number of hydrogen-bond donors (Lipinski definition) is 0. The van der Waals surface area contributed by atoms with Gasteiger partial charge in [0.25, 0.3) is 0 Å². The summed E-state index contributed by atoms with van der Waals surface area (Å²) < 4.78 is 67.5. The van der Waals surface area contributed by atoms with Crippen LogP contribution in [0.15, 0.2) is 42.5 Å². The monoisotopic (exact) mass is 469 g/mol. The fraction of sp³-hybridized carbons (Fsp3) is 0.435. The Morgan fingerprint density at radius 1 is 1.16 bits per heavy atom. The lowest BCUT2D eigenvalue weighted by atomic mass is 9.89. The van der Waals surface area contributed by atoms with Crippen LogP contribution in [0.1, 0.15) is 47.3 Å². The summed E-state index contributed by atoms with van der Waals surface area (Å²) in [5, 5.41) is 0. The van der Waals surface area contributed by atoms with E-state index in [1.165, 1.54) is 12.1 Å². The maximum absolute atomic E-state index is 12.9. The minimum Gasteiger partial charge on any atom is -0.369 e. The summed E-state index contributed by atoms with van der Waals surface area (Å²) in [5.41, 5.74) is 2.72. The van der Waals surface area contributed by atoms with Crippen molar-refractivity contribution in [2.24, 2.45) is 0 Å². The van der Waals surface area contributed by atoms with Gasteiger partial charge in [-0.3, -0.25) is 4.79 Å². The zero-order chi connectivity index (χ0) is 23.5. The molecule has 1 atom stereocenters. The normalized spacial score (nSPS) is 15.3. The molecule has 0 aromatic heterocycles. The van der Waals surface area contributed by atoms with Crippen molar-refractivity contribution in [2.45, 2.75) is 38.6 Å². The number of fused-ring (bicyclic) bond motifs is 1. The van der Waals surface area contributed by atoms with Crippen LogP contribution in [0.5, 0.6) is 0 Å². The van der Waals surface area contributed by atoms with E-state index in [0.717, 1.165) is 35.1 Å². The predicted octanol–water partition coefficient (Wildman–Crippen LogP) is 4.15. The molecule has 32 heavy (non-hydrogen) atoms. The molecule has 0 fully saturated rings. The highest BCUT2D eigenvalue weighted by Gasteiger charge is 2.31. The molecule has 9 heteroatoms. The van der Waals surface area contributed by atoms with Gasteiger partial charge in [-0.25, -0.2) is 8.42 Å². The number of carbonyl (C=O) groups is 1. The third-order valence-electron chi connectivity index (χ3n) is 5.50. The Balaban J connectivity index is 1.85. The van der Waals surface area contributed by atoms with Crippen LogP contribution in [0, 0.1) is 0 Å². The number of nitrogens with zero attached hydrogens (tertiary/aromatic N) is 1. The van der Waals surface area contributed by atoms with Crippen LogP contribution >= 0.6 is 0 Å². The number of alkyl halides is 3. The molecule has 2 aromatic rings. The van der Waals surface area contributed by atoms with E-state index in [4.69, 9.17) is 4.74 Å². The Kier molecular flexibility index (Phi) is 7.29. The molecule has 2 aromatic carbocycles. The van der Waals surface area contributed by atoms with Gasteiger partial charge in [0, 0.05) is 32.4 Å². The molecule has 174 valence electrons. The summed E-state index contributed by atoms with van der Waals surface area (Å²) in [6.07, 6.45) is -3.32. The first kappa shape index (κ1) is 24.3. The highest BCUT2D eigenvalue weighted by atomic mass is 32.2. The average molecular weight is 470 g/mol. The highest BCUT2D eigenvalue weighted by molar-refractivity contribution is 7.90. The lowest BCUT2D eigenvalue weighted by Crippen LogP contribution is -2.37. The van der Waals surface area contributed by atoms with Crippen molar-refractivity contribution in [3.05, 3.63) is 70.3 Å². The molecular weight excluding hydrogens is 443 g/mol. The Morgan fingerprint density at radius 2 is 1.84 bits per heavy atom. The maximum atomic E-state index is 12.9. The molecule has 1 aliphatic rings. The Hall–Kier alpha value is -2.39. The van der Waals surface area contributed by atoms with E-state index >= 15 is 0 Å². The Bertz CT molecular complexity index is 1070. The van der Waals surface area contributed by atoms with Crippen molar-refractivity contribution < 1.29 is 31.1 Å². The second-order valence-electron chi connectivity index (χ2n) is 7.89. The topological polar surface area (TPSA) is 63.7 Å². The van der Waals surface area contributed by atoms with Gasteiger partial charge in [0.05, 0.1) is 11.3 Å². The second kappa shape index (κ2) is 9.62. The van der Waals surface area contributed by atoms with Crippen molar-refractivity contribution >= 4 is 15.7 Å². The summed E-state index contributed by atoms with van der Waals surface area (Å²) in [6.45, 7) is 3.01. The van der Waals surface area contributed by atoms with E-state index in [9.17, 15) is 26.4 Å². The maximum Gasteiger partial charge on any atom is 0.416 e. The van der Waals surface area contributed by atoms with E-state index < -0.39 is 27.7 Å². The van der Waals surface area contributed by atoms with Gasteiger partial charge in [0.1, 0.15) is 15.9 Å². The van der Waals surface area contributed by atoms with Crippen molar-refractivity contribution in [3.8, 4) is 0 Å². The third kappa shape index (κ3) is 5.89. The first-order chi connectivity index (χ1) is 15.0. The molecule has 1 heterocycles. The Labute approximate surface area is 186 Å². The fourth-order valence-corrected chi connectivity index (χ4v) is 4.45. The smallest absolute Gasteiger partial charge is 0.369 e. The van der Waals surface area contributed by atoms with E-state index in [0.29, 0.717) is 31.7 Å². The first-order valence-electron chi connectivity index (χ1n) is 10.3. The van der Waals surface area contributed by atoms with Crippen LogP contribution in [0.2, 0.25) is 0 Å². The van der Waals surface area contributed by atoms with Crippen LogP contribution in [0.4, 0.5) is 13.2 Å². The lowest BCUT2D eigenvalue weighted by molar-refractivity contribution is -0.137. The predicted molar refractivity (Wildman–Crippen MR) is 115 cm³/mol. The SMILES string of the molecule is CCOC(c1ccc(C(F)(F)F)cc1)c1cccc2c1CCN(C(=O)CCS(C)(=O)=O)C2. The average Bonchev–Trinajstić information content (AvgIpc) is 2.74. The van der Waals surface area contributed by atoms with Gasteiger partial charge in [0.15, 0.2) is 0 Å². The quantitative estimate of drug-likeness (QED) is 0.611. The molecule has 0 spiro atoms. The van der Waals surface area contributed by atoms with Crippen molar-refractivity contribution in [2.75, 3.05) is 25.2 Å². The summed E-state index contributed by atoms with van der Waals surface area (Å²) in [4.78, 5) is 14.1. The van der Waals surface area contributed by atoms with E-state index in [-0.39, 0.29) is 18.1 Å². The van der Waals surface area contributed by atoms with E-state index in [1.54, 1.807) is 4.90 Å². The van der Waals surface area contributed by atoms with Crippen LogP contribution < -0.4 is 0 Å². The summed E-state index contributed by atoms with van der Waals surface area (Å²) in [7, 11) is -3.22. The van der Waals surface area contributed by atoms with Gasteiger partial charge in [-0.2, -0.15) is 13.2 Å². The number of hydrogen-bond acceptors (Lipinski definition) is 4. The molecule has 0 saturated heterocycles. The lowest BCUT2D eigenvalue weighted by Gasteiger charge is -2.32. The minimum atomic E-state index is -4.40. The van der Waals surface area contributed by atoms with Gasteiger partial charge in [-0.15, -0.1) is 0 Å². The zero-order valence-electron chi connectivity index (χ0n) is 18.0. The molecular formula is C23H26F3NO4S. The first-order valence-corrected chi connectivity index (χ1v) is 12.4. The molecule has 1 unspecified atom stereocenters. The van der Waals surface area contributed by atoms with Crippen LogP contribution in [0.3, 0.4) is 0 Å². The van der Waals surface area contributed by atoms with Crippen molar-refractivity contribution in [1.82, 2.24) is 4.90 Å². The summed E-state index contributed by atoms with van der Waals surface area (Å²) in [6, 6.07) is 10.6. The molecule has 0 saturated carbocycles. The minimum absolute atomic E-state index is 0.0546. The van der Waals surface area contributed by atoms with Gasteiger partial charge < -0.3 is 9.64 Å². The number of ether oxygens (including phenoxy) is 1. The zero-order valence-corrected chi connectivity index (χ0v) is 18.8. The molecule has 0 radical (unpaired) electrons. The van der Waals surface area contributed by atoms with Gasteiger partial charge in [-0.1, -0.05) is 30.3 Å². The number of halogens is 3. The van der Waals surface area contributed by atoms with Crippen molar-refractivity contribution in [3.63, 3.8) is 0 Å². The molecule has 3 rings (SSSR count). The molecule has 0 aliphatic carbocycles. The van der Waals surface area contributed by atoms with Gasteiger partial charge in [0.2, 0.25) is 5.91 Å². The van der Waals surface area contributed by atoms with Crippen LogP contribution in [-0.4, -0.2) is 44.4 Å². The second-order valence-corrected chi connectivity index (χ2v) is 10.1. The van der Waals surface area contributed by atoms with E-state index in [2.05, 4.69) is 0 Å². The number of sulfone groups is 1. The number of amides is 1. The van der Waals surface area contributed by atoms with E-state index in [1.807, 2.05) is 25.1 Å². The number of rotatable bonds is 7. The van der Waals surface area contributed by atoms with Crippen LogP contribution in [0.25, 0.3) is 0 Å².